The molecular weight excluding hydrogens is 288 g/mol. The Morgan fingerprint density at radius 1 is 1.33 bits per heavy atom. The van der Waals surface area contributed by atoms with Gasteiger partial charge in [-0.2, -0.15) is 0 Å². The van der Waals surface area contributed by atoms with Crippen molar-refractivity contribution in [3.05, 3.63) is 29.6 Å². The first-order valence-electron chi connectivity index (χ1n) is 6.87. The lowest BCUT2D eigenvalue weighted by molar-refractivity contribution is -0.139. The van der Waals surface area contributed by atoms with Crippen molar-refractivity contribution in [2.75, 3.05) is 5.32 Å². The number of benzene rings is 1. The molecule has 0 spiro atoms. The van der Waals surface area contributed by atoms with Crippen LogP contribution < -0.4 is 10.6 Å². The number of aliphatic carboxylic acids is 1. The van der Waals surface area contributed by atoms with Gasteiger partial charge in [-0.1, -0.05) is 19.8 Å². The number of hydrogen-bond donors (Lipinski definition) is 3. The van der Waals surface area contributed by atoms with Crippen LogP contribution in [0.1, 0.15) is 26.2 Å². The number of rotatable bonds is 6. The highest BCUT2D eigenvalue weighted by Crippen LogP contribution is 2.23. The monoisotopic (exact) mass is 306 g/mol. The van der Waals surface area contributed by atoms with E-state index in [1.54, 1.807) is 17.4 Å². The molecule has 0 radical (unpaired) electrons. The number of carbonyl (C=O) groups excluding carboxylic acids is 1. The SMILES string of the molecule is CCCCC(NC(=O)Nc1ccc2sccc2c1)C(=O)O. The van der Waals surface area contributed by atoms with Crippen molar-refractivity contribution >= 4 is 39.1 Å². The fourth-order valence-corrected chi connectivity index (χ4v) is 2.81. The minimum Gasteiger partial charge on any atom is -0.480 e. The van der Waals surface area contributed by atoms with Gasteiger partial charge >= 0.3 is 12.0 Å². The first-order chi connectivity index (χ1) is 10.1. The molecule has 0 saturated carbocycles. The van der Waals surface area contributed by atoms with E-state index in [0.29, 0.717) is 12.1 Å². The molecule has 0 bridgehead atoms. The lowest BCUT2D eigenvalue weighted by Gasteiger charge is -2.14. The molecule has 3 N–H and O–H groups in total. The minimum atomic E-state index is -1.01. The van der Waals surface area contributed by atoms with Gasteiger partial charge in [-0.25, -0.2) is 9.59 Å². The standard InChI is InChI=1S/C15H18N2O3S/c1-2-3-4-12(14(18)19)17-15(20)16-11-5-6-13-10(9-11)7-8-21-13/h5-9,12H,2-4H2,1H3,(H,18,19)(H2,16,17,20). The maximum Gasteiger partial charge on any atom is 0.326 e. The van der Waals surface area contributed by atoms with Gasteiger partial charge in [-0.15, -0.1) is 11.3 Å². The Balaban J connectivity index is 1.97. The van der Waals surface area contributed by atoms with E-state index in [2.05, 4.69) is 10.6 Å². The normalized spacial score (nSPS) is 12.0. The third kappa shape index (κ3) is 4.19. The number of thiophene rings is 1. The highest BCUT2D eigenvalue weighted by Gasteiger charge is 2.19. The molecular formula is C15H18N2O3S. The summed E-state index contributed by atoms with van der Waals surface area (Å²) in [4.78, 5) is 23.0. The highest BCUT2D eigenvalue weighted by molar-refractivity contribution is 7.17. The third-order valence-corrected chi connectivity index (χ3v) is 4.06. The van der Waals surface area contributed by atoms with Gasteiger partial charge in [0, 0.05) is 10.4 Å². The number of anilines is 1. The predicted molar refractivity (Wildman–Crippen MR) is 84.9 cm³/mol. The molecule has 5 nitrogen and oxygen atoms in total. The molecule has 0 aliphatic rings. The summed E-state index contributed by atoms with van der Waals surface area (Å²) in [6, 6.07) is 6.24. The van der Waals surface area contributed by atoms with Crippen LogP contribution in [0.5, 0.6) is 0 Å². The van der Waals surface area contributed by atoms with E-state index in [0.717, 1.165) is 22.9 Å². The molecule has 0 aliphatic carbocycles. The molecule has 0 aliphatic heterocycles. The Bertz CT molecular complexity index is 639. The van der Waals surface area contributed by atoms with Crippen molar-refractivity contribution in [3.8, 4) is 0 Å². The van der Waals surface area contributed by atoms with Gasteiger partial charge in [0.25, 0.3) is 0 Å². The van der Waals surface area contributed by atoms with Gasteiger partial charge in [-0.3, -0.25) is 0 Å². The zero-order valence-corrected chi connectivity index (χ0v) is 12.6. The summed E-state index contributed by atoms with van der Waals surface area (Å²) >= 11 is 1.63. The summed E-state index contributed by atoms with van der Waals surface area (Å²) in [6.45, 7) is 1.98. The van der Waals surface area contributed by atoms with E-state index >= 15 is 0 Å². The molecule has 6 heteroatoms. The van der Waals surface area contributed by atoms with Gasteiger partial charge in [-0.05, 0) is 41.5 Å². The lowest BCUT2D eigenvalue weighted by Crippen LogP contribution is -2.42. The molecule has 2 rings (SSSR count). The van der Waals surface area contributed by atoms with E-state index in [1.807, 2.05) is 30.5 Å². The Morgan fingerprint density at radius 2 is 2.14 bits per heavy atom. The van der Waals surface area contributed by atoms with Gasteiger partial charge < -0.3 is 15.7 Å². The van der Waals surface area contributed by atoms with E-state index in [-0.39, 0.29) is 0 Å². The van der Waals surface area contributed by atoms with E-state index in [1.165, 1.54) is 0 Å². The summed E-state index contributed by atoms with van der Waals surface area (Å²) in [5.41, 5.74) is 0.651. The minimum absolute atomic E-state index is 0.433. The van der Waals surface area contributed by atoms with Crippen molar-refractivity contribution in [1.29, 1.82) is 0 Å². The molecule has 0 saturated heterocycles. The van der Waals surface area contributed by atoms with Crippen LogP contribution in [0.3, 0.4) is 0 Å². The van der Waals surface area contributed by atoms with Crippen molar-refractivity contribution in [2.24, 2.45) is 0 Å². The van der Waals surface area contributed by atoms with Gasteiger partial charge in [0.1, 0.15) is 6.04 Å². The molecule has 1 heterocycles. The fraction of sp³-hybridized carbons (Fsp3) is 0.333. The van der Waals surface area contributed by atoms with E-state index in [9.17, 15) is 9.59 Å². The topological polar surface area (TPSA) is 78.4 Å². The Kier molecular flexibility index (Phi) is 5.16. The number of carboxylic acids is 1. The van der Waals surface area contributed by atoms with E-state index in [4.69, 9.17) is 5.11 Å². The third-order valence-electron chi connectivity index (χ3n) is 3.16. The van der Waals surface area contributed by atoms with Crippen molar-refractivity contribution in [2.45, 2.75) is 32.2 Å². The second kappa shape index (κ2) is 7.08. The Morgan fingerprint density at radius 3 is 2.86 bits per heavy atom. The average molecular weight is 306 g/mol. The molecule has 1 unspecified atom stereocenters. The maximum atomic E-state index is 11.9. The van der Waals surface area contributed by atoms with Crippen LogP contribution >= 0.6 is 11.3 Å². The number of hydrogen-bond acceptors (Lipinski definition) is 3. The summed E-state index contributed by atoms with van der Waals surface area (Å²) in [7, 11) is 0. The van der Waals surface area contributed by atoms with Crippen LogP contribution in [0.25, 0.3) is 10.1 Å². The number of carbonyl (C=O) groups is 2. The Hall–Kier alpha value is -2.08. The summed E-state index contributed by atoms with van der Waals surface area (Å²) in [5, 5.41) is 17.3. The van der Waals surface area contributed by atoms with Crippen LogP contribution in [0.4, 0.5) is 10.5 Å². The number of nitrogens with one attached hydrogen (secondary N) is 2. The summed E-state index contributed by atoms with van der Waals surface area (Å²) in [5.74, 6) is -1.01. The van der Waals surface area contributed by atoms with Gasteiger partial charge in [0.05, 0.1) is 0 Å². The second-order valence-electron chi connectivity index (χ2n) is 4.80. The first-order valence-corrected chi connectivity index (χ1v) is 7.75. The second-order valence-corrected chi connectivity index (χ2v) is 5.75. The highest BCUT2D eigenvalue weighted by atomic mass is 32.1. The zero-order chi connectivity index (χ0) is 15.2. The number of amides is 2. The molecule has 2 aromatic rings. The number of unbranched alkanes of at least 4 members (excludes halogenated alkanes) is 1. The molecule has 1 atom stereocenters. The fourth-order valence-electron chi connectivity index (χ4n) is 2.04. The molecule has 112 valence electrons. The summed E-state index contributed by atoms with van der Waals surface area (Å²) < 4.78 is 1.15. The predicted octanol–water partition coefficient (Wildman–Crippen LogP) is 3.67. The molecule has 2 amide bonds. The average Bonchev–Trinajstić information content (AvgIpc) is 2.90. The van der Waals surface area contributed by atoms with Crippen molar-refractivity contribution in [3.63, 3.8) is 0 Å². The molecule has 1 aromatic carbocycles. The van der Waals surface area contributed by atoms with Crippen LogP contribution in [-0.4, -0.2) is 23.1 Å². The van der Waals surface area contributed by atoms with Crippen LogP contribution in [0, 0.1) is 0 Å². The molecule has 21 heavy (non-hydrogen) atoms. The number of urea groups is 1. The lowest BCUT2D eigenvalue weighted by atomic mass is 10.1. The molecule has 0 fully saturated rings. The number of carboxylic acid groups (broad SMARTS) is 1. The zero-order valence-electron chi connectivity index (χ0n) is 11.8. The van der Waals surface area contributed by atoms with Gasteiger partial charge in [0.15, 0.2) is 0 Å². The van der Waals surface area contributed by atoms with Gasteiger partial charge in [0.2, 0.25) is 0 Å². The Labute approximate surface area is 127 Å². The quantitative estimate of drug-likeness (QED) is 0.762. The number of fused-ring (bicyclic) bond motifs is 1. The maximum absolute atomic E-state index is 11.9. The smallest absolute Gasteiger partial charge is 0.326 e. The van der Waals surface area contributed by atoms with Crippen LogP contribution in [0.2, 0.25) is 0 Å². The summed E-state index contributed by atoms with van der Waals surface area (Å²) in [6.07, 6.45) is 2.09. The first kappa shape index (κ1) is 15.3. The van der Waals surface area contributed by atoms with Crippen molar-refractivity contribution < 1.29 is 14.7 Å². The van der Waals surface area contributed by atoms with E-state index < -0.39 is 18.0 Å². The molecule has 1 aromatic heterocycles. The van der Waals surface area contributed by atoms with Crippen LogP contribution in [0.15, 0.2) is 29.6 Å². The van der Waals surface area contributed by atoms with Crippen LogP contribution in [-0.2, 0) is 4.79 Å². The largest absolute Gasteiger partial charge is 0.480 e. The van der Waals surface area contributed by atoms with Crippen molar-refractivity contribution in [1.82, 2.24) is 5.32 Å².